The molecule has 0 spiro atoms. The molecule has 0 aromatic heterocycles. The van der Waals surface area contributed by atoms with Crippen molar-refractivity contribution in [3.8, 4) is 0 Å². The zero-order valence-electron chi connectivity index (χ0n) is 10.8. The first-order valence-corrected chi connectivity index (χ1v) is 6.70. The molecule has 0 heterocycles. The molecule has 7 heteroatoms. The maximum absolute atomic E-state index is 11.7. The zero-order valence-corrected chi connectivity index (χ0v) is 11.7. The Morgan fingerprint density at radius 2 is 1.90 bits per heavy atom. The van der Waals surface area contributed by atoms with Gasteiger partial charge in [-0.25, -0.2) is 4.79 Å². The lowest BCUT2D eigenvalue weighted by atomic mass is 10.0. The zero-order chi connectivity index (χ0) is 15.1. The third-order valence-electron chi connectivity index (χ3n) is 2.79. The van der Waals surface area contributed by atoms with Crippen molar-refractivity contribution in [2.24, 2.45) is 5.73 Å². The predicted molar refractivity (Wildman–Crippen MR) is 77.5 cm³/mol. The van der Waals surface area contributed by atoms with Crippen LogP contribution in [0.1, 0.15) is 5.56 Å². The summed E-state index contributed by atoms with van der Waals surface area (Å²) in [6.45, 7) is 0. The minimum atomic E-state index is -1.70. The second-order valence-electron chi connectivity index (χ2n) is 4.38. The molecule has 20 heavy (non-hydrogen) atoms. The number of thiol groups is 1. The Labute approximate surface area is 122 Å². The van der Waals surface area contributed by atoms with Gasteiger partial charge in [0.05, 0.1) is 12.1 Å². The fourth-order valence-corrected chi connectivity index (χ4v) is 1.82. The summed E-state index contributed by atoms with van der Waals surface area (Å²) >= 11 is 3.90. The number of carbonyl (C=O) groups excluding carboxylic acids is 1. The van der Waals surface area contributed by atoms with Gasteiger partial charge >= 0.3 is 5.97 Å². The highest BCUT2D eigenvalue weighted by molar-refractivity contribution is 7.80. The van der Waals surface area contributed by atoms with Crippen molar-refractivity contribution < 1.29 is 19.8 Å². The highest BCUT2D eigenvalue weighted by Gasteiger charge is 2.28. The fourth-order valence-electron chi connectivity index (χ4n) is 1.65. The molecule has 1 aromatic carbocycles. The van der Waals surface area contributed by atoms with Crippen LogP contribution in [0.2, 0.25) is 0 Å². The van der Waals surface area contributed by atoms with Gasteiger partial charge in [-0.1, -0.05) is 30.3 Å². The molecule has 0 unspecified atom stereocenters. The first-order chi connectivity index (χ1) is 9.45. The normalized spacial score (nSPS) is 15.2. The molecule has 0 saturated heterocycles. The number of aliphatic hydroxyl groups is 1. The molecule has 0 bridgehead atoms. The Kier molecular flexibility index (Phi) is 6.50. The minimum Gasteiger partial charge on any atom is -0.479 e. The monoisotopic (exact) mass is 298 g/mol. The maximum Gasteiger partial charge on any atom is 0.334 e. The topological polar surface area (TPSA) is 113 Å². The van der Waals surface area contributed by atoms with Crippen LogP contribution in [0, 0.1) is 0 Å². The molecule has 1 amide bonds. The van der Waals surface area contributed by atoms with Crippen LogP contribution in [0.5, 0.6) is 0 Å². The van der Waals surface area contributed by atoms with Crippen molar-refractivity contribution in [1.29, 1.82) is 0 Å². The van der Waals surface area contributed by atoms with Gasteiger partial charge in [0.15, 0.2) is 6.10 Å². The predicted octanol–water partition coefficient (Wildman–Crippen LogP) is -0.584. The largest absolute Gasteiger partial charge is 0.479 e. The third kappa shape index (κ3) is 4.84. The van der Waals surface area contributed by atoms with E-state index in [4.69, 9.17) is 10.8 Å². The van der Waals surface area contributed by atoms with Gasteiger partial charge in [0.2, 0.25) is 5.91 Å². The van der Waals surface area contributed by atoms with Crippen molar-refractivity contribution in [3.63, 3.8) is 0 Å². The van der Waals surface area contributed by atoms with Gasteiger partial charge in [0.25, 0.3) is 0 Å². The van der Waals surface area contributed by atoms with Crippen LogP contribution in [0.25, 0.3) is 0 Å². The second kappa shape index (κ2) is 7.88. The van der Waals surface area contributed by atoms with Crippen molar-refractivity contribution in [2.45, 2.75) is 24.6 Å². The maximum atomic E-state index is 11.7. The molecule has 0 radical (unpaired) electrons. The number of carboxylic acid groups (broad SMARTS) is 1. The summed E-state index contributed by atoms with van der Waals surface area (Å²) in [4.78, 5) is 22.6. The molecule has 0 aliphatic carbocycles. The van der Waals surface area contributed by atoms with E-state index in [-0.39, 0.29) is 12.2 Å². The molecular formula is C13H18N2O4S. The summed E-state index contributed by atoms with van der Waals surface area (Å²) in [6.07, 6.45) is -1.51. The standard InChI is InChI=1S/C13H18N2O4S/c14-9(7-20)12(17)15-10(11(16)13(18)19)6-8-4-2-1-3-5-8/h1-5,9-11,16,20H,6-7,14H2,(H,15,17)(H,18,19)/t9-,10+,11-/m0/s1. The second-order valence-corrected chi connectivity index (χ2v) is 4.74. The summed E-state index contributed by atoms with van der Waals surface area (Å²) < 4.78 is 0. The number of nitrogens with one attached hydrogen (secondary N) is 1. The van der Waals surface area contributed by atoms with E-state index >= 15 is 0 Å². The van der Waals surface area contributed by atoms with Gasteiger partial charge in [0.1, 0.15) is 0 Å². The van der Waals surface area contributed by atoms with Crippen LogP contribution in [-0.2, 0) is 16.0 Å². The lowest BCUT2D eigenvalue weighted by Gasteiger charge is -2.23. The van der Waals surface area contributed by atoms with Gasteiger partial charge < -0.3 is 21.3 Å². The Morgan fingerprint density at radius 1 is 1.30 bits per heavy atom. The summed E-state index contributed by atoms with van der Waals surface area (Å²) in [5.74, 6) is -1.81. The van der Waals surface area contributed by atoms with E-state index in [1.807, 2.05) is 6.07 Å². The van der Waals surface area contributed by atoms with Crippen LogP contribution in [0.3, 0.4) is 0 Å². The molecule has 1 rings (SSSR count). The first-order valence-electron chi connectivity index (χ1n) is 6.07. The van der Waals surface area contributed by atoms with E-state index in [9.17, 15) is 14.7 Å². The fraction of sp³-hybridized carbons (Fsp3) is 0.385. The molecule has 1 aromatic rings. The number of hydrogen-bond acceptors (Lipinski definition) is 5. The van der Waals surface area contributed by atoms with E-state index in [1.54, 1.807) is 24.3 Å². The lowest BCUT2D eigenvalue weighted by molar-refractivity contribution is -0.148. The molecule has 3 atom stereocenters. The number of carboxylic acids is 1. The summed E-state index contributed by atoms with van der Waals surface area (Å²) in [6, 6.07) is 7.17. The quantitative estimate of drug-likeness (QED) is 0.432. The average molecular weight is 298 g/mol. The van der Waals surface area contributed by atoms with E-state index in [0.29, 0.717) is 0 Å². The molecule has 0 aliphatic rings. The van der Waals surface area contributed by atoms with Gasteiger partial charge in [-0.2, -0.15) is 12.6 Å². The van der Waals surface area contributed by atoms with Gasteiger partial charge in [0, 0.05) is 5.75 Å². The summed E-state index contributed by atoms with van der Waals surface area (Å²) in [5.41, 5.74) is 6.32. The number of carbonyl (C=O) groups is 2. The van der Waals surface area contributed by atoms with Crippen LogP contribution in [0.4, 0.5) is 0 Å². The molecule has 5 N–H and O–H groups in total. The van der Waals surface area contributed by atoms with Crippen molar-refractivity contribution in [1.82, 2.24) is 5.32 Å². The molecule has 110 valence electrons. The van der Waals surface area contributed by atoms with E-state index < -0.39 is 30.1 Å². The number of nitrogens with two attached hydrogens (primary N) is 1. The van der Waals surface area contributed by atoms with Crippen LogP contribution in [-0.4, -0.2) is 46.0 Å². The minimum absolute atomic E-state index is 0.132. The summed E-state index contributed by atoms with van der Waals surface area (Å²) in [5, 5.41) is 21.0. The number of aliphatic carboxylic acids is 1. The van der Waals surface area contributed by atoms with Crippen LogP contribution >= 0.6 is 12.6 Å². The van der Waals surface area contributed by atoms with Crippen molar-refractivity contribution in [3.05, 3.63) is 35.9 Å². The molecule has 0 fully saturated rings. The number of rotatable bonds is 7. The number of benzene rings is 1. The van der Waals surface area contributed by atoms with Crippen molar-refractivity contribution in [2.75, 3.05) is 5.75 Å². The third-order valence-corrected chi connectivity index (χ3v) is 3.19. The molecule has 0 saturated carbocycles. The lowest BCUT2D eigenvalue weighted by Crippen LogP contribution is -2.53. The van der Waals surface area contributed by atoms with Crippen LogP contribution < -0.4 is 11.1 Å². The first kappa shape index (κ1) is 16.5. The average Bonchev–Trinajstić information content (AvgIpc) is 2.45. The smallest absolute Gasteiger partial charge is 0.334 e. The number of amides is 1. The highest BCUT2D eigenvalue weighted by Crippen LogP contribution is 2.07. The van der Waals surface area contributed by atoms with Crippen LogP contribution in [0.15, 0.2) is 30.3 Å². The Hall–Kier alpha value is -1.57. The number of hydrogen-bond donors (Lipinski definition) is 5. The van der Waals surface area contributed by atoms with Gasteiger partial charge in [-0.05, 0) is 12.0 Å². The molecule has 0 aliphatic heterocycles. The van der Waals surface area contributed by atoms with E-state index in [2.05, 4.69) is 17.9 Å². The van der Waals surface area contributed by atoms with E-state index in [1.165, 1.54) is 0 Å². The Bertz CT molecular complexity index is 455. The SMILES string of the molecule is N[C@@H](CS)C(=O)N[C@H](Cc1ccccc1)[C@H](O)C(=O)O. The van der Waals surface area contributed by atoms with Gasteiger partial charge in [-0.15, -0.1) is 0 Å². The molecule has 6 nitrogen and oxygen atoms in total. The Morgan fingerprint density at radius 3 is 2.40 bits per heavy atom. The summed E-state index contributed by atoms with van der Waals surface area (Å²) in [7, 11) is 0. The van der Waals surface area contributed by atoms with E-state index in [0.717, 1.165) is 5.56 Å². The van der Waals surface area contributed by atoms with Gasteiger partial charge in [-0.3, -0.25) is 4.79 Å². The van der Waals surface area contributed by atoms with Crippen molar-refractivity contribution >= 4 is 24.5 Å². The molecular weight excluding hydrogens is 280 g/mol. The highest BCUT2D eigenvalue weighted by atomic mass is 32.1. The Balaban J connectivity index is 2.80. The number of aliphatic hydroxyl groups excluding tert-OH is 1.